The van der Waals surface area contributed by atoms with Crippen molar-refractivity contribution >= 4 is 11.6 Å². The van der Waals surface area contributed by atoms with Gasteiger partial charge in [-0.1, -0.05) is 6.08 Å². The number of nitrogens with one attached hydrogen (secondary N) is 1. The standard InChI is InChI=1S/C25H28F3N5O3/c1-18-3-8-22(23(34)29-20-4-6-21(7-5-20)36-25(26,27)28)24(35)33(18)17-19-9-11-31(12-10-19)32-15-13-30(2)14-16-32/h3-11H,12-17H2,1-2H3,(H,29,34). The molecular formula is C25H28F3N5O3. The van der Waals surface area contributed by atoms with Crippen LogP contribution in [0, 0.1) is 6.92 Å². The Bertz CT molecular complexity index is 1210. The minimum absolute atomic E-state index is 0.0596. The number of carbonyl (C=O) groups excluding carboxylic acids is 1. The van der Waals surface area contributed by atoms with E-state index in [1.165, 1.54) is 22.8 Å². The van der Waals surface area contributed by atoms with E-state index in [9.17, 15) is 22.8 Å². The SMILES string of the molecule is Cc1ccc(C(=O)Nc2ccc(OC(F)(F)F)cc2)c(=O)n1CC1=CCN(N2CCN(C)CC2)C=C1. The van der Waals surface area contributed by atoms with Gasteiger partial charge >= 0.3 is 6.36 Å². The summed E-state index contributed by atoms with van der Waals surface area (Å²) in [5.41, 5.74) is 1.41. The Balaban J connectivity index is 1.42. The van der Waals surface area contributed by atoms with E-state index < -0.39 is 23.6 Å². The van der Waals surface area contributed by atoms with Gasteiger partial charge in [0, 0.05) is 43.8 Å². The minimum Gasteiger partial charge on any atom is -0.406 e. The van der Waals surface area contributed by atoms with Gasteiger partial charge in [-0.2, -0.15) is 0 Å². The maximum absolute atomic E-state index is 13.1. The number of aromatic nitrogens is 1. The molecular weight excluding hydrogens is 475 g/mol. The molecule has 1 fully saturated rings. The van der Waals surface area contributed by atoms with Crippen molar-refractivity contribution in [2.24, 2.45) is 0 Å². The fourth-order valence-corrected chi connectivity index (χ4v) is 4.06. The maximum Gasteiger partial charge on any atom is 0.573 e. The second-order valence-corrected chi connectivity index (χ2v) is 8.78. The fourth-order valence-electron chi connectivity index (χ4n) is 4.06. The summed E-state index contributed by atoms with van der Waals surface area (Å²) in [4.78, 5) is 28.2. The van der Waals surface area contributed by atoms with Crippen LogP contribution < -0.4 is 15.6 Å². The Kier molecular flexibility index (Phi) is 7.51. The van der Waals surface area contributed by atoms with Gasteiger partial charge in [0.1, 0.15) is 11.3 Å². The van der Waals surface area contributed by atoms with Crippen molar-refractivity contribution in [3.8, 4) is 5.75 Å². The van der Waals surface area contributed by atoms with Crippen molar-refractivity contribution in [3.63, 3.8) is 0 Å². The fraction of sp³-hybridized carbons (Fsp3) is 0.360. The Hall–Kier alpha value is -3.57. The lowest BCUT2D eigenvalue weighted by atomic mass is 10.1. The summed E-state index contributed by atoms with van der Waals surface area (Å²) in [5, 5.41) is 7.02. The lowest BCUT2D eigenvalue weighted by Crippen LogP contribution is -2.51. The van der Waals surface area contributed by atoms with Gasteiger partial charge in [-0.25, -0.2) is 5.01 Å². The van der Waals surface area contributed by atoms with Crippen molar-refractivity contribution in [1.82, 2.24) is 19.5 Å². The second-order valence-electron chi connectivity index (χ2n) is 8.78. The molecule has 0 atom stereocenters. The zero-order chi connectivity index (χ0) is 25.9. The number of pyridine rings is 1. The summed E-state index contributed by atoms with van der Waals surface area (Å²) in [6, 6.07) is 7.86. The molecule has 8 nitrogen and oxygen atoms in total. The molecule has 2 aliphatic heterocycles. The monoisotopic (exact) mass is 503 g/mol. The zero-order valence-corrected chi connectivity index (χ0v) is 20.1. The average Bonchev–Trinajstić information content (AvgIpc) is 2.83. The molecule has 0 saturated carbocycles. The molecule has 4 rings (SSSR count). The molecule has 192 valence electrons. The van der Waals surface area contributed by atoms with Crippen molar-refractivity contribution in [2.75, 3.05) is 45.1 Å². The molecule has 1 aromatic heterocycles. The predicted molar refractivity (Wildman–Crippen MR) is 130 cm³/mol. The minimum atomic E-state index is -4.80. The largest absolute Gasteiger partial charge is 0.573 e. The summed E-state index contributed by atoms with van der Waals surface area (Å²) < 4.78 is 42.4. The number of nitrogens with zero attached hydrogens (tertiary/aromatic N) is 4. The molecule has 1 N–H and O–H groups in total. The van der Waals surface area contributed by atoms with Gasteiger partial charge in [-0.05, 0) is 62.0 Å². The molecule has 11 heteroatoms. The first kappa shape index (κ1) is 25.5. The van der Waals surface area contributed by atoms with Crippen LogP contribution in [0.5, 0.6) is 5.75 Å². The van der Waals surface area contributed by atoms with E-state index in [0.29, 0.717) is 18.8 Å². The number of hydrazine groups is 1. The van der Waals surface area contributed by atoms with Gasteiger partial charge in [-0.15, -0.1) is 13.2 Å². The number of piperazine rings is 1. The zero-order valence-electron chi connectivity index (χ0n) is 20.1. The van der Waals surface area contributed by atoms with Crippen LogP contribution in [-0.2, 0) is 6.54 Å². The number of allylic oxidation sites excluding steroid dienone is 2. The summed E-state index contributed by atoms with van der Waals surface area (Å²) >= 11 is 0. The molecule has 0 radical (unpaired) electrons. The predicted octanol–water partition coefficient (Wildman–Crippen LogP) is 3.23. The van der Waals surface area contributed by atoms with Gasteiger partial charge < -0.3 is 24.5 Å². The number of hydrogen-bond donors (Lipinski definition) is 1. The number of ether oxygens (including phenoxy) is 1. The van der Waals surface area contributed by atoms with E-state index >= 15 is 0 Å². The highest BCUT2D eigenvalue weighted by Gasteiger charge is 2.31. The van der Waals surface area contributed by atoms with Gasteiger partial charge in [-0.3, -0.25) is 9.59 Å². The van der Waals surface area contributed by atoms with Crippen LogP contribution in [0.1, 0.15) is 16.1 Å². The van der Waals surface area contributed by atoms with Gasteiger partial charge in [0.25, 0.3) is 11.5 Å². The first-order valence-electron chi connectivity index (χ1n) is 11.5. The molecule has 0 aliphatic carbocycles. The first-order chi connectivity index (χ1) is 17.1. The number of benzene rings is 1. The van der Waals surface area contributed by atoms with E-state index in [1.807, 2.05) is 12.3 Å². The highest BCUT2D eigenvalue weighted by atomic mass is 19.4. The van der Waals surface area contributed by atoms with Gasteiger partial charge in [0.05, 0.1) is 13.1 Å². The number of alkyl halides is 3. The molecule has 0 bridgehead atoms. The summed E-state index contributed by atoms with van der Waals surface area (Å²) in [7, 11) is 2.11. The van der Waals surface area contributed by atoms with Crippen LogP contribution in [0.4, 0.5) is 18.9 Å². The Morgan fingerprint density at radius 2 is 1.75 bits per heavy atom. The first-order valence-corrected chi connectivity index (χ1v) is 11.5. The van der Waals surface area contributed by atoms with Crippen LogP contribution in [0.3, 0.4) is 0 Å². The summed E-state index contributed by atoms with van der Waals surface area (Å²) in [5.74, 6) is -1.05. The molecule has 36 heavy (non-hydrogen) atoms. The van der Waals surface area contributed by atoms with Crippen molar-refractivity contribution in [2.45, 2.75) is 19.8 Å². The van der Waals surface area contributed by atoms with E-state index in [4.69, 9.17) is 0 Å². The highest BCUT2D eigenvalue weighted by molar-refractivity contribution is 6.04. The average molecular weight is 504 g/mol. The second kappa shape index (κ2) is 10.6. The molecule has 0 unspecified atom stereocenters. The molecule has 2 aliphatic rings. The summed E-state index contributed by atoms with van der Waals surface area (Å²) in [6.07, 6.45) is 1.26. The smallest absolute Gasteiger partial charge is 0.406 e. The Labute approximate surface area is 206 Å². The molecule has 1 saturated heterocycles. The van der Waals surface area contributed by atoms with Crippen LogP contribution >= 0.6 is 0 Å². The normalized spacial score (nSPS) is 17.1. The van der Waals surface area contributed by atoms with E-state index in [1.54, 1.807) is 13.0 Å². The number of aryl methyl sites for hydroxylation is 1. The Morgan fingerprint density at radius 3 is 2.36 bits per heavy atom. The topological polar surface area (TPSA) is 70.0 Å². The lowest BCUT2D eigenvalue weighted by Gasteiger charge is -2.40. The molecule has 1 amide bonds. The van der Waals surface area contributed by atoms with E-state index in [0.717, 1.165) is 43.9 Å². The number of anilines is 1. The number of rotatable bonds is 6. The number of carbonyl (C=O) groups is 1. The van der Waals surface area contributed by atoms with Crippen LogP contribution in [0.25, 0.3) is 0 Å². The van der Waals surface area contributed by atoms with Crippen molar-refractivity contribution in [3.05, 3.63) is 81.9 Å². The number of hydrogen-bond acceptors (Lipinski definition) is 6. The third kappa shape index (κ3) is 6.35. The van der Waals surface area contributed by atoms with Crippen LogP contribution in [0.2, 0.25) is 0 Å². The number of likely N-dealkylation sites (N-methyl/N-ethyl adjacent to an activating group) is 1. The lowest BCUT2D eigenvalue weighted by molar-refractivity contribution is -0.274. The molecule has 0 spiro atoms. The van der Waals surface area contributed by atoms with Crippen molar-refractivity contribution in [1.29, 1.82) is 0 Å². The quantitative estimate of drug-likeness (QED) is 0.653. The molecule has 3 heterocycles. The number of amides is 1. The number of halogens is 3. The molecule has 1 aromatic carbocycles. The third-order valence-corrected chi connectivity index (χ3v) is 6.17. The van der Waals surface area contributed by atoms with E-state index in [-0.39, 0.29) is 11.3 Å². The summed E-state index contributed by atoms with van der Waals surface area (Å²) in [6.45, 7) is 6.76. The highest BCUT2D eigenvalue weighted by Crippen LogP contribution is 2.24. The van der Waals surface area contributed by atoms with E-state index in [2.05, 4.69) is 38.1 Å². The maximum atomic E-state index is 13.1. The Morgan fingerprint density at radius 1 is 1.06 bits per heavy atom. The van der Waals surface area contributed by atoms with Crippen LogP contribution in [-0.4, -0.2) is 71.5 Å². The molecule has 2 aromatic rings. The van der Waals surface area contributed by atoms with Crippen LogP contribution in [0.15, 0.2) is 65.1 Å². The van der Waals surface area contributed by atoms with Gasteiger partial charge in [0.15, 0.2) is 0 Å². The third-order valence-electron chi connectivity index (χ3n) is 6.17. The van der Waals surface area contributed by atoms with Gasteiger partial charge in [0.2, 0.25) is 0 Å². The van der Waals surface area contributed by atoms with Crippen molar-refractivity contribution < 1.29 is 22.7 Å².